The summed E-state index contributed by atoms with van der Waals surface area (Å²) >= 11 is 3.36. The summed E-state index contributed by atoms with van der Waals surface area (Å²) in [6.07, 6.45) is 5.70. The van der Waals surface area contributed by atoms with Crippen LogP contribution in [-0.2, 0) is 16.0 Å². The van der Waals surface area contributed by atoms with E-state index in [1.807, 2.05) is 13.0 Å². The van der Waals surface area contributed by atoms with Gasteiger partial charge in [0.25, 0.3) is 0 Å². The number of aromatic nitrogens is 1. The van der Waals surface area contributed by atoms with Crippen molar-refractivity contribution in [3.63, 3.8) is 0 Å². The van der Waals surface area contributed by atoms with Gasteiger partial charge in [0.05, 0.1) is 29.9 Å². The standard InChI is InChI=1S/C18H20N2O2S2/c1-10-11(2)24-18(19-10)15(7-12-5-6-23-9-12)20-17(21)14-8-13-3-4-16(14)22-13/h3-6,9,13-16H,7-8H2,1-2H3,(H,20,21)/t13-,14-,15+,16-/m0/s1. The molecule has 4 atom stereocenters. The summed E-state index contributed by atoms with van der Waals surface area (Å²) in [5.41, 5.74) is 2.28. The average molecular weight is 361 g/mol. The number of carbonyl (C=O) groups is 1. The minimum Gasteiger partial charge on any atom is -0.366 e. The summed E-state index contributed by atoms with van der Waals surface area (Å²) in [5.74, 6) is 0.00437. The third-order valence-electron chi connectivity index (χ3n) is 4.75. The number of amides is 1. The number of carbonyl (C=O) groups excluding carboxylic acids is 1. The number of rotatable bonds is 5. The SMILES string of the molecule is Cc1nc([C@@H](Cc2ccsc2)NC(=O)[C@H]2C[C@@H]3C=C[C@@H]2O3)sc1C. The summed E-state index contributed by atoms with van der Waals surface area (Å²) in [5, 5.41) is 8.43. The summed E-state index contributed by atoms with van der Waals surface area (Å²) in [6.45, 7) is 4.10. The third-order valence-corrected chi connectivity index (χ3v) is 6.67. The number of aryl methyl sites for hydroxylation is 2. The fourth-order valence-electron chi connectivity index (χ4n) is 3.30. The van der Waals surface area contributed by atoms with Crippen LogP contribution in [0.5, 0.6) is 0 Å². The van der Waals surface area contributed by atoms with E-state index in [1.54, 1.807) is 22.7 Å². The molecule has 2 aromatic heterocycles. The molecule has 6 heteroatoms. The van der Waals surface area contributed by atoms with E-state index >= 15 is 0 Å². The first-order valence-electron chi connectivity index (χ1n) is 8.19. The van der Waals surface area contributed by atoms with Gasteiger partial charge in [0.2, 0.25) is 5.91 Å². The van der Waals surface area contributed by atoms with Crippen LogP contribution in [0.2, 0.25) is 0 Å². The summed E-state index contributed by atoms with van der Waals surface area (Å²) in [7, 11) is 0. The van der Waals surface area contributed by atoms with Gasteiger partial charge in [-0.15, -0.1) is 11.3 Å². The van der Waals surface area contributed by atoms with Crippen LogP contribution in [-0.4, -0.2) is 23.1 Å². The molecule has 4 heterocycles. The smallest absolute Gasteiger partial charge is 0.226 e. The molecule has 2 aliphatic heterocycles. The first kappa shape index (κ1) is 16.0. The number of nitrogens with one attached hydrogen (secondary N) is 1. The lowest BCUT2D eigenvalue weighted by molar-refractivity contribution is -0.126. The normalized spacial score (nSPS) is 26.0. The largest absolute Gasteiger partial charge is 0.366 e. The van der Waals surface area contributed by atoms with E-state index in [1.165, 1.54) is 10.4 Å². The molecule has 2 aromatic rings. The van der Waals surface area contributed by atoms with Crippen molar-refractivity contribution in [2.75, 3.05) is 0 Å². The molecule has 1 amide bonds. The third kappa shape index (κ3) is 3.06. The lowest BCUT2D eigenvalue weighted by atomic mass is 9.93. The minimum atomic E-state index is -0.0767. The summed E-state index contributed by atoms with van der Waals surface area (Å²) < 4.78 is 5.74. The predicted octanol–water partition coefficient (Wildman–Crippen LogP) is 3.56. The molecule has 0 aliphatic carbocycles. The van der Waals surface area contributed by atoms with Crippen molar-refractivity contribution in [3.05, 3.63) is 50.1 Å². The Labute approximate surface area is 149 Å². The maximum Gasteiger partial charge on any atom is 0.226 e. The molecule has 1 fully saturated rings. The first-order valence-corrected chi connectivity index (χ1v) is 9.95. The van der Waals surface area contributed by atoms with E-state index in [4.69, 9.17) is 4.74 Å². The second kappa shape index (κ2) is 6.43. The topological polar surface area (TPSA) is 51.2 Å². The lowest BCUT2D eigenvalue weighted by Gasteiger charge is -2.21. The Kier molecular flexibility index (Phi) is 4.28. The van der Waals surface area contributed by atoms with Gasteiger partial charge < -0.3 is 10.1 Å². The van der Waals surface area contributed by atoms with Crippen molar-refractivity contribution in [2.45, 2.75) is 44.9 Å². The van der Waals surface area contributed by atoms with Gasteiger partial charge in [-0.2, -0.15) is 11.3 Å². The summed E-state index contributed by atoms with van der Waals surface area (Å²) in [6, 6.07) is 2.04. The number of ether oxygens (including phenoxy) is 1. The van der Waals surface area contributed by atoms with Gasteiger partial charge in [-0.05, 0) is 42.7 Å². The molecule has 0 saturated carbocycles. The molecule has 0 radical (unpaired) electrons. The minimum absolute atomic E-state index is 0.0587. The zero-order valence-electron chi connectivity index (χ0n) is 13.7. The maximum atomic E-state index is 12.8. The molecule has 0 unspecified atom stereocenters. The quantitative estimate of drug-likeness (QED) is 0.830. The molecule has 1 saturated heterocycles. The van der Waals surface area contributed by atoms with Crippen LogP contribution in [0, 0.1) is 19.8 Å². The van der Waals surface area contributed by atoms with Gasteiger partial charge in [0, 0.05) is 11.3 Å². The van der Waals surface area contributed by atoms with Crippen molar-refractivity contribution in [1.82, 2.24) is 10.3 Å². The van der Waals surface area contributed by atoms with Crippen LogP contribution >= 0.6 is 22.7 Å². The van der Waals surface area contributed by atoms with E-state index in [0.29, 0.717) is 0 Å². The first-order chi connectivity index (χ1) is 11.6. The number of thiophene rings is 1. The van der Waals surface area contributed by atoms with E-state index in [0.717, 1.165) is 23.5 Å². The van der Waals surface area contributed by atoms with Crippen LogP contribution in [0.3, 0.4) is 0 Å². The molecule has 0 spiro atoms. The fourth-order valence-corrected chi connectivity index (χ4v) is 4.96. The Balaban J connectivity index is 1.53. The molecular formula is C18H20N2O2S2. The van der Waals surface area contributed by atoms with Crippen molar-refractivity contribution < 1.29 is 9.53 Å². The number of hydrogen-bond donors (Lipinski definition) is 1. The molecule has 4 nitrogen and oxygen atoms in total. The monoisotopic (exact) mass is 360 g/mol. The Hall–Kier alpha value is -1.50. The molecule has 2 aliphatic rings. The number of nitrogens with zero attached hydrogens (tertiary/aromatic N) is 1. The van der Waals surface area contributed by atoms with Crippen molar-refractivity contribution in [1.29, 1.82) is 0 Å². The molecule has 2 bridgehead atoms. The Morgan fingerprint density at radius 3 is 2.92 bits per heavy atom. The molecule has 24 heavy (non-hydrogen) atoms. The molecule has 126 valence electrons. The highest BCUT2D eigenvalue weighted by molar-refractivity contribution is 7.11. The highest BCUT2D eigenvalue weighted by Crippen LogP contribution is 2.35. The number of hydrogen-bond acceptors (Lipinski definition) is 5. The van der Waals surface area contributed by atoms with Gasteiger partial charge in [0.1, 0.15) is 5.01 Å². The van der Waals surface area contributed by atoms with Crippen LogP contribution in [0.4, 0.5) is 0 Å². The van der Waals surface area contributed by atoms with Crippen LogP contribution in [0.25, 0.3) is 0 Å². The fraction of sp³-hybridized carbons (Fsp3) is 0.444. The van der Waals surface area contributed by atoms with E-state index in [9.17, 15) is 4.79 Å². The Morgan fingerprint density at radius 1 is 1.46 bits per heavy atom. The van der Waals surface area contributed by atoms with E-state index in [2.05, 4.69) is 40.1 Å². The van der Waals surface area contributed by atoms with Crippen molar-refractivity contribution in [2.24, 2.45) is 5.92 Å². The highest BCUT2D eigenvalue weighted by Gasteiger charge is 2.41. The average Bonchev–Trinajstić information content (AvgIpc) is 3.33. The Morgan fingerprint density at radius 2 is 2.33 bits per heavy atom. The highest BCUT2D eigenvalue weighted by atomic mass is 32.1. The second-order valence-electron chi connectivity index (χ2n) is 6.46. The van der Waals surface area contributed by atoms with Gasteiger partial charge in [-0.1, -0.05) is 12.2 Å². The molecule has 4 rings (SSSR count). The predicted molar refractivity (Wildman–Crippen MR) is 96.4 cm³/mol. The number of thiazole rings is 1. The van der Waals surface area contributed by atoms with Gasteiger partial charge in [-0.25, -0.2) is 4.98 Å². The second-order valence-corrected chi connectivity index (χ2v) is 8.47. The zero-order chi connectivity index (χ0) is 16.7. The molecular weight excluding hydrogens is 340 g/mol. The van der Waals surface area contributed by atoms with Crippen molar-refractivity contribution >= 4 is 28.6 Å². The van der Waals surface area contributed by atoms with Crippen LogP contribution in [0.15, 0.2) is 29.0 Å². The van der Waals surface area contributed by atoms with E-state index in [-0.39, 0.29) is 30.1 Å². The van der Waals surface area contributed by atoms with Crippen LogP contribution < -0.4 is 5.32 Å². The summed E-state index contributed by atoms with van der Waals surface area (Å²) in [4.78, 5) is 18.7. The Bertz CT molecular complexity index is 747. The van der Waals surface area contributed by atoms with Gasteiger partial charge >= 0.3 is 0 Å². The lowest BCUT2D eigenvalue weighted by Crippen LogP contribution is -2.38. The van der Waals surface area contributed by atoms with Crippen molar-refractivity contribution in [3.8, 4) is 0 Å². The van der Waals surface area contributed by atoms with Crippen LogP contribution in [0.1, 0.15) is 33.6 Å². The molecule has 0 aromatic carbocycles. The maximum absolute atomic E-state index is 12.8. The van der Waals surface area contributed by atoms with Gasteiger partial charge in [0.15, 0.2) is 0 Å². The van der Waals surface area contributed by atoms with E-state index < -0.39 is 0 Å². The zero-order valence-corrected chi connectivity index (χ0v) is 15.3. The number of fused-ring (bicyclic) bond motifs is 2. The van der Waals surface area contributed by atoms with Gasteiger partial charge in [-0.3, -0.25) is 4.79 Å². The molecule has 1 N–H and O–H groups in total.